The van der Waals surface area contributed by atoms with Gasteiger partial charge in [0, 0.05) is 37.3 Å². The molecule has 5 heteroatoms. The van der Waals surface area contributed by atoms with Crippen LogP contribution >= 0.6 is 11.3 Å². The summed E-state index contributed by atoms with van der Waals surface area (Å²) in [5.74, 6) is 0.809. The van der Waals surface area contributed by atoms with Crippen molar-refractivity contribution < 1.29 is 0 Å². The molecular weight excluding hydrogens is 268 g/mol. The number of hydrogen-bond acceptors (Lipinski definition) is 5. The van der Waals surface area contributed by atoms with Crippen molar-refractivity contribution in [1.29, 1.82) is 0 Å². The Morgan fingerprint density at radius 3 is 2.95 bits per heavy atom. The largest absolute Gasteiger partial charge is 0.349 e. The monoisotopic (exact) mass is 296 g/mol. The molecule has 1 unspecified atom stereocenters. The number of rotatable bonds is 7. The summed E-state index contributed by atoms with van der Waals surface area (Å²) >= 11 is 1.82. The van der Waals surface area contributed by atoms with E-state index >= 15 is 0 Å². The van der Waals surface area contributed by atoms with Crippen molar-refractivity contribution in [3.05, 3.63) is 11.1 Å². The van der Waals surface area contributed by atoms with E-state index in [4.69, 9.17) is 0 Å². The van der Waals surface area contributed by atoms with Crippen molar-refractivity contribution in [2.24, 2.45) is 5.92 Å². The van der Waals surface area contributed by atoms with Gasteiger partial charge in [0.1, 0.15) is 0 Å². The lowest BCUT2D eigenvalue weighted by atomic mass is 9.98. The van der Waals surface area contributed by atoms with Gasteiger partial charge in [-0.3, -0.25) is 0 Å². The first-order valence-electron chi connectivity index (χ1n) is 7.81. The minimum absolute atomic E-state index is 0.809. The first-order valence-corrected chi connectivity index (χ1v) is 8.63. The van der Waals surface area contributed by atoms with Crippen LogP contribution in [0.4, 0.5) is 5.13 Å². The van der Waals surface area contributed by atoms with E-state index in [2.05, 4.69) is 41.0 Å². The van der Waals surface area contributed by atoms with Gasteiger partial charge in [-0.2, -0.15) is 0 Å². The fourth-order valence-corrected chi connectivity index (χ4v) is 3.87. The van der Waals surface area contributed by atoms with E-state index in [1.54, 1.807) is 0 Å². The molecule has 0 radical (unpaired) electrons. The third kappa shape index (κ3) is 4.43. The molecule has 1 atom stereocenters. The molecule has 1 aromatic heterocycles. The average Bonchev–Trinajstić information content (AvgIpc) is 2.89. The highest BCUT2D eigenvalue weighted by molar-refractivity contribution is 7.15. The highest BCUT2D eigenvalue weighted by Crippen LogP contribution is 2.22. The number of piperidine rings is 1. The second-order valence-electron chi connectivity index (χ2n) is 5.68. The number of nitrogens with zero attached hydrogens (tertiary/aromatic N) is 3. The van der Waals surface area contributed by atoms with Gasteiger partial charge in [-0.1, -0.05) is 0 Å². The van der Waals surface area contributed by atoms with E-state index in [-0.39, 0.29) is 0 Å². The van der Waals surface area contributed by atoms with E-state index in [1.807, 2.05) is 17.5 Å². The number of nitrogens with one attached hydrogen (secondary N) is 1. The van der Waals surface area contributed by atoms with Crippen molar-refractivity contribution in [3.8, 4) is 0 Å². The smallest absolute Gasteiger partial charge is 0.185 e. The van der Waals surface area contributed by atoms with E-state index in [0.29, 0.717) is 0 Å². The van der Waals surface area contributed by atoms with Crippen LogP contribution in [0.2, 0.25) is 0 Å². The number of hydrogen-bond donors (Lipinski definition) is 1. The lowest BCUT2D eigenvalue weighted by Gasteiger charge is -2.29. The van der Waals surface area contributed by atoms with Gasteiger partial charge in [-0.25, -0.2) is 4.98 Å². The molecule has 0 aromatic carbocycles. The van der Waals surface area contributed by atoms with Gasteiger partial charge in [-0.15, -0.1) is 11.3 Å². The Hall–Kier alpha value is -0.650. The van der Waals surface area contributed by atoms with Gasteiger partial charge in [0.2, 0.25) is 0 Å². The zero-order chi connectivity index (χ0) is 14.4. The molecule has 1 N–H and O–H groups in total. The van der Waals surface area contributed by atoms with E-state index in [9.17, 15) is 0 Å². The maximum Gasteiger partial charge on any atom is 0.185 e. The standard InChI is InChI=1S/C15H28N4S/c1-4-19(5-2)15-17-11-14(20-15)10-16-9-13-7-6-8-18(3)12-13/h11,13,16H,4-10,12H2,1-3H3. The molecule has 0 bridgehead atoms. The molecule has 1 aliphatic rings. The Morgan fingerprint density at radius 1 is 1.45 bits per heavy atom. The Kier molecular flexibility index (Phi) is 6.26. The van der Waals surface area contributed by atoms with Crippen molar-refractivity contribution in [3.63, 3.8) is 0 Å². The molecule has 1 fully saturated rings. The molecule has 20 heavy (non-hydrogen) atoms. The van der Waals surface area contributed by atoms with Crippen LogP contribution in [0, 0.1) is 5.92 Å². The summed E-state index contributed by atoms with van der Waals surface area (Å²) in [5, 5.41) is 4.76. The van der Waals surface area contributed by atoms with Crippen LogP contribution < -0.4 is 10.2 Å². The maximum absolute atomic E-state index is 4.53. The lowest BCUT2D eigenvalue weighted by molar-refractivity contribution is 0.206. The second-order valence-corrected chi connectivity index (χ2v) is 6.78. The number of likely N-dealkylation sites (tertiary alicyclic amines) is 1. The summed E-state index contributed by atoms with van der Waals surface area (Å²) in [6.45, 7) is 11.0. The number of thiazole rings is 1. The molecule has 4 nitrogen and oxygen atoms in total. The number of anilines is 1. The van der Waals surface area contributed by atoms with Gasteiger partial charge in [0.25, 0.3) is 0 Å². The predicted octanol–water partition coefficient (Wildman–Crippen LogP) is 2.42. The zero-order valence-electron chi connectivity index (χ0n) is 13.1. The third-order valence-electron chi connectivity index (χ3n) is 4.03. The molecule has 0 amide bonds. The van der Waals surface area contributed by atoms with Gasteiger partial charge >= 0.3 is 0 Å². The first kappa shape index (κ1) is 15.7. The average molecular weight is 296 g/mol. The van der Waals surface area contributed by atoms with Crippen LogP contribution in [0.5, 0.6) is 0 Å². The Bertz CT molecular complexity index is 389. The van der Waals surface area contributed by atoms with Crippen molar-refractivity contribution in [1.82, 2.24) is 15.2 Å². The van der Waals surface area contributed by atoms with Crippen LogP contribution in [-0.4, -0.2) is 49.7 Å². The van der Waals surface area contributed by atoms with Crippen molar-refractivity contribution >= 4 is 16.5 Å². The molecule has 114 valence electrons. The van der Waals surface area contributed by atoms with Crippen LogP contribution in [0.15, 0.2) is 6.20 Å². The van der Waals surface area contributed by atoms with Gasteiger partial charge < -0.3 is 15.1 Å². The topological polar surface area (TPSA) is 31.4 Å². The Labute approximate surface area is 127 Å². The summed E-state index contributed by atoms with van der Waals surface area (Å²) in [7, 11) is 2.23. The van der Waals surface area contributed by atoms with Crippen molar-refractivity contribution in [2.45, 2.75) is 33.2 Å². The molecular formula is C15H28N4S. The van der Waals surface area contributed by atoms with Gasteiger partial charge in [-0.05, 0) is 52.7 Å². The Balaban J connectivity index is 1.74. The molecule has 0 aliphatic carbocycles. The Morgan fingerprint density at radius 2 is 2.25 bits per heavy atom. The van der Waals surface area contributed by atoms with Crippen LogP contribution in [-0.2, 0) is 6.54 Å². The highest BCUT2D eigenvalue weighted by atomic mass is 32.1. The SMILES string of the molecule is CCN(CC)c1ncc(CNCC2CCCN(C)C2)s1. The summed E-state index contributed by atoms with van der Waals surface area (Å²) < 4.78 is 0. The fourth-order valence-electron chi connectivity index (χ4n) is 2.86. The molecule has 2 rings (SSSR count). The zero-order valence-corrected chi connectivity index (χ0v) is 13.9. The minimum atomic E-state index is 0.809. The summed E-state index contributed by atoms with van der Waals surface area (Å²) in [6, 6.07) is 0. The lowest BCUT2D eigenvalue weighted by Crippen LogP contribution is -2.37. The summed E-state index contributed by atoms with van der Waals surface area (Å²) in [6.07, 6.45) is 4.73. The third-order valence-corrected chi connectivity index (χ3v) is 5.09. The van der Waals surface area contributed by atoms with Crippen molar-refractivity contribution in [2.75, 3.05) is 44.7 Å². The van der Waals surface area contributed by atoms with Gasteiger partial charge in [0.15, 0.2) is 5.13 Å². The predicted molar refractivity (Wildman–Crippen MR) is 87.6 cm³/mol. The quantitative estimate of drug-likeness (QED) is 0.837. The van der Waals surface area contributed by atoms with E-state index < -0.39 is 0 Å². The summed E-state index contributed by atoms with van der Waals surface area (Å²) in [5.41, 5.74) is 0. The molecule has 1 aliphatic heterocycles. The van der Waals surface area contributed by atoms with E-state index in [0.717, 1.165) is 37.2 Å². The van der Waals surface area contributed by atoms with Crippen LogP contribution in [0.25, 0.3) is 0 Å². The summed E-state index contributed by atoms with van der Waals surface area (Å²) in [4.78, 5) is 10.6. The maximum atomic E-state index is 4.53. The second kappa shape index (κ2) is 7.96. The first-order chi connectivity index (χ1) is 9.72. The van der Waals surface area contributed by atoms with Gasteiger partial charge in [0.05, 0.1) is 0 Å². The van der Waals surface area contributed by atoms with Crippen LogP contribution in [0.1, 0.15) is 31.6 Å². The van der Waals surface area contributed by atoms with E-state index in [1.165, 1.54) is 30.8 Å². The molecule has 1 saturated heterocycles. The molecule has 0 spiro atoms. The normalized spacial score (nSPS) is 20.2. The molecule has 1 aromatic rings. The molecule has 0 saturated carbocycles. The minimum Gasteiger partial charge on any atom is -0.349 e. The number of aromatic nitrogens is 1. The highest BCUT2D eigenvalue weighted by Gasteiger charge is 2.16. The van der Waals surface area contributed by atoms with Crippen LogP contribution in [0.3, 0.4) is 0 Å². The molecule has 2 heterocycles. The fraction of sp³-hybridized carbons (Fsp3) is 0.800.